The predicted octanol–water partition coefficient (Wildman–Crippen LogP) is 5.59. The fourth-order valence-corrected chi connectivity index (χ4v) is 4.13. The van der Waals surface area contributed by atoms with Crippen LogP contribution in [0, 0.1) is 5.82 Å². The van der Waals surface area contributed by atoms with Crippen molar-refractivity contribution < 1.29 is 4.39 Å². The molecular formula is C24H22BrFN6. The second-order valence-corrected chi connectivity index (χ2v) is 8.50. The first kappa shape index (κ1) is 20.7. The van der Waals surface area contributed by atoms with Crippen LogP contribution in [0.5, 0.6) is 0 Å². The van der Waals surface area contributed by atoms with E-state index in [1.807, 2.05) is 6.07 Å². The maximum atomic E-state index is 13.1. The largest absolute Gasteiger partial charge is 0.365 e. The van der Waals surface area contributed by atoms with Crippen molar-refractivity contribution in [1.29, 1.82) is 0 Å². The zero-order valence-electron chi connectivity index (χ0n) is 17.3. The standard InChI is InChI=1S/C24H22BrFN6/c25-21-14-30-24(32-23(21)29-12-15-1-3-17(26)4-2-15)31-18-5-6-22-19(11-18)20(13-28-22)16-7-9-27-10-8-16/h1-7,11,13-14,27-28H,8-10,12H2,(H2,29,30,31,32). The monoisotopic (exact) mass is 492 g/mol. The Bertz CT molecular complexity index is 1280. The van der Waals surface area contributed by atoms with Crippen molar-refractivity contribution >= 4 is 49.9 Å². The van der Waals surface area contributed by atoms with E-state index in [0.29, 0.717) is 18.3 Å². The average Bonchev–Trinajstić information content (AvgIpc) is 3.24. The van der Waals surface area contributed by atoms with Crippen molar-refractivity contribution in [2.75, 3.05) is 23.7 Å². The average molecular weight is 493 g/mol. The molecule has 0 bridgehead atoms. The molecule has 0 aliphatic carbocycles. The summed E-state index contributed by atoms with van der Waals surface area (Å²) < 4.78 is 13.9. The van der Waals surface area contributed by atoms with E-state index in [2.05, 4.69) is 71.2 Å². The molecule has 3 heterocycles. The highest BCUT2D eigenvalue weighted by atomic mass is 79.9. The lowest BCUT2D eigenvalue weighted by Crippen LogP contribution is -2.19. The summed E-state index contributed by atoms with van der Waals surface area (Å²) in [5, 5.41) is 11.1. The van der Waals surface area contributed by atoms with Crippen molar-refractivity contribution in [2.45, 2.75) is 13.0 Å². The zero-order valence-corrected chi connectivity index (χ0v) is 18.8. The second-order valence-electron chi connectivity index (χ2n) is 7.64. The Morgan fingerprint density at radius 2 is 2.00 bits per heavy atom. The first-order valence-electron chi connectivity index (χ1n) is 10.4. The maximum absolute atomic E-state index is 13.1. The summed E-state index contributed by atoms with van der Waals surface area (Å²) in [4.78, 5) is 12.4. The summed E-state index contributed by atoms with van der Waals surface area (Å²) in [6, 6.07) is 12.6. The molecule has 2 aromatic heterocycles. The summed E-state index contributed by atoms with van der Waals surface area (Å²) in [6.45, 7) is 2.43. The number of rotatable bonds is 6. The van der Waals surface area contributed by atoms with Crippen molar-refractivity contribution in [1.82, 2.24) is 20.3 Å². The highest BCUT2D eigenvalue weighted by molar-refractivity contribution is 9.10. The Hall–Kier alpha value is -3.23. The van der Waals surface area contributed by atoms with E-state index in [0.717, 1.165) is 40.8 Å². The molecule has 0 radical (unpaired) electrons. The third-order valence-electron chi connectivity index (χ3n) is 5.47. The van der Waals surface area contributed by atoms with Crippen LogP contribution in [0.25, 0.3) is 16.5 Å². The third kappa shape index (κ3) is 4.51. The van der Waals surface area contributed by atoms with E-state index >= 15 is 0 Å². The van der Waals surface area contributed by atoms with Gasteiger partial charge in [0, 0.05) is 47.6 Å². The molecule has 0 unspecified atom stereocenters. The minimum Gasteiger partial charge on any atom is -0.365 e. The summed E-state index contributed by atoms with van der Waals surface area (Å²) in [5.74, 6) is 0.907. The van der Waals surface area contributed by atoms with E-state index in [9.17, 15) is 4.39 Å². The molecule has 0 amide bonds. The second kappa shape index (κ2) is 9.10. The lowest BCUT2D eigenvalue weighted by molar-refractivity contribution is 0.627. The lowest BCUT2D eigenvalue weighted by atomic mass is 9.99. The van der Waals surface area contributed by atoms with E-state index in [1.54, 1.807) is 18.3 Å². The molecule has 32 heavy (non-hydrogen) atoms. The fraction of sp³-hybridized carbons (Fsp3) is 0.167. The Labute approximate surface area is 193 Å². The molecule has 162 valence electrons. The first-order valence-corrected chi connectivity index (χ1v) is 11.2. The number of nitrogens with one attached hydrogen (secondary N) is 4. The van der Waals surface area contributed by atoms with Crippen LogP contribution in [0.1, 0.15) is 17.5 Å². The van der Waals surface area contributed by atoms with Gasteiger partial charge in [-0.25, -0.2) is 9.37 Å². The first-order chi connectivity index (χ1) is 15.7. The van der Waals surface area contributed by atoms with Gasteiger partial charge >= 0.3 is 0 Å². The smallest absolute Gasteiger partial charge is 0.229 e. The van der Waals surface area contributed by atoms with Crippen LogP contribution in [-0.2, 0) is 6.54 Å². The van der Waals surface area contributed by atoms with Crippen LogP contribution < -0.4 is 16.0 Å². The molecule has 0 saturated carbocycles. The molecular weight excluding hydrogens is 471 g/mol. The van der Waals surface area contributed by atoms with Gasteiger partial charge in [0.1, 0.15) is 11.6 Å². The van der Waals surface area contributed by atoms with Gasteiger partial charge in [0.2, 0.25) is 5.95 Å². The molecule has 2 aromatic carbocycles. The van der Waals surface area contributed by atoms with Crippen LogP contribution in [0.3, 0.4) is 0 Å². The van der Waals surface area contributed by atoms with Crippen molar-refractivity contribution in [2.24, 2.45) is 0 Å². The van der Waals surface area contributed by atoms with Gasteiger partial charge < -0.3 is 20.9 Å². The zero-order chi connectivity index (χ0) is 21.9. The molecule has 0 spiro atoms. The number of fused-ring (bicyclic) bond motifs is 1. The number of H-pyrrole nitrogens is 1. The van der Waals surface area contributed by atoms with Gasteiger partial charge in [-0.2, -0.15) is 4.98 Å². The number of hydrogen-bond donors (Lipinski definition) is 4. The van der Waals surface area contributed by atoms with E-state index in [4.69, 9.17) is 0 Å². The number of anilines is 3. The van der Waals surface area contributed by atoms with Crippen LogP contribution in [0.4, 0.5) is 21.8 Å². The quantitative estimate of drug-likeness (QED) is 0.282. The van der Waals surface area contributed by atoms with Crippen LogP contribution in [0.15, 0.2) is 65.4 Å². The van der Waals surface area contributed by atoms with Gasteiger partial charge in [-0.1, -0.05) is 18.2 Å². The predicted molar refractivity (Wildman–Crippen MR) is 131 cm³/mol. The molecule has 8 heteroatoms. The molecule has 5 rings (SSSR count). The minimum atomic E-state index is -0.248. The Kier molecular flexibility index (Phi) is 5.87. The topological polar surface area (TPSA) is 77.7 Å². The van der Waals surface area contributed by atoms with Crippen LogP contribution in [-0.4, -0.2) is 28.0 Å². The van der Waals surface area contributed by atoms with Gasteiger partial charge in [0.15, 0.2) is 0 Å². The van der Waals surface area contributed by atoms with Crippen molar-refractivity contribution in [3.05, 3.63) is 82.4 Å². The molecule has 0 atom stereocenters. The SMILES string of the molecule is Fc1ccc(CNc2nc(Nc3ccc4[nH]cc(C5=CCNCC5)c4c3)ncc2Br)cc1. The lowest BCUT2D eigenvalue weighted by Gasteiger charge is -2.14. The van der Waals surface area contributed by atoms with Crippen molar-refractivity contribution in [3.63, 3.8) is 0 Å². The van der Waals surface area contributed by atoms with E-state index in [1.165, 1.54) is 28.7 Å². The number of aromatic amines is 1. The number of hydrogen-bond acceptors (Lipinski definition) is 5. The molecule has 0 fully saturated rings. The third-order valence-corrected chi connectivity index (χ3v) is 6.05. The summed E-state index contributed by atoms with van der Waals surface area (Å²) in [6.07, 6.45) is 7.06. The van der Waals surface area contributed by atoms with Crippen LogP contribution >= 0.6 is 15.9 Å². The Balaban J connectivity index is 1.36. The van der Waals surface area contributed by atoms with Gasteiger partial charge in [0.05, 0.1) is 4.47 Å². The minimum absolute atomic E-state index is 0.248. The number of benzene rings is 2. The number of nitrogens with zero attached hydrogens (tertiary/aromatic N) is 2. The van der Waals surface area contributed by atoms with Gasteiger partial charge in [-0.05, 0) is 70.4 Å². The van der Waals surface area contributed by atoms with Gasteiger partial charge in [-0.3, -0.25) is 0 Å². The molecule has 4 aromatic rings. The Morgan fingerprint density at radius 3 is 2.81 bits per heavy atom. The number of aromatic nitrogens is 3. The number of halogens is 2. The van der Waals surface area contributed by atoms with Crippen LogP contribution in [0.2, 0.25) is 0 Å². The highest BCUT2D eigenvalue weighted by Crippen LogP contribution is 2.31. The van der Waals surface area contributed by atoms with E-state index < -0.39 is 0 Å². The summed E-state index contributed by atoms with van der Waals surface area (Å²) in [5.41, 5.74) is 5.58. The highest BCUT2D eigenvalue weighted by Gasteiger charge is 2.12. The fourth-order valence-electron chi connectivity index (χ4n) is 3.80. The Morgan fingerprint density at radius 1 is 1.12 bits per heavy atom. The van der Waals surface area contributed by atoms with Gasteiger partial charge in [0.25, 0.3) is 0 Å². The van der Waals surface area contributed by atoms with Gasteiger partial charge in [-0.15, -0.1) is 0 Å². The summed E-state index contributed by atoms with van der Waals surface area (Å²) in [7, 11) is 0. The summed E-state index contributed by atoms with van der Waals surface area (Å²) >= 11 is 3.49. The molecule has 4 N–H and O–H groups in total. The molecule has 0 saturated heterocycles. The normalized spacial score (nSPS) is 13.8. The maximum Gasteiger partial charge on any atom is 0.229 e. The van der Waals surface area contributed by atoms with Crippen molar-refractivity contribution in [3.8, 4) is 0 Å². The molecule has 1 aliphatic rings. The molecule has 1 aliphatic heterocycles. The van der Waals surface area contributed by atoms with E-state index in [-0.39, 0.29) is 5.82 Å². The molecule has 6 nitrogen and oxygen atoms in total.